The van der Waals surface area contributed by atoms with Crippen LogP contribution in [0, 0.1) is 0 Å². The summed E-state index contributed by atoms with van der Waals surface area (Å²) in [5.74, 6) is 0.237. The van der Waals surface area contributed by atoms with Crippen LogP contribution in [0.1, 0.15) is 36.6 Å². The van der Waals surface area contributed by atoms with Gasteiger partial charge < -0.3 is 18.9 Å². The molecule has 0 aliphatic carbocycles. The fourth-order valence-electron chi connectivity index (χ4n) is 2.98. The molecule has 0 saturated carbocycles. The van der Waals surface area contributed by atoms with Crippen LogP contribution in [0.25, 0.3) is 0 Å². The lowest BCUT2D eigenvalue weighted by Crippen LogP contribution is -2.18. The summed E-state index contributed by atoms with van der Waals surface area (Å²) in [6.07, 6.45) is 0.377. The third-order valence-electron chi connectivity index (χ3n) is 4.07. The fraction of sp³-hybridized carbons (Fsp3) is 0.300. The second-order valence-corrected chi connectivity index (χ2v) is 5.96. The molecule has 0 N–H and O–H groups in total. The highest BCUT2D eigenvalue weighted by Gasteiger charge is 2.26. The van der Waals surface area contributed by atoms with Gasteiger partial charge in [-0.2, -0.15) is 0 Å². The molecule has 6 nitrogen and oxygen atoms in total. The van der Waals surface area contributed by atoms with E-state index < -0.39 is 11.9 Å². The summed E-state index contributed by atoms with van der Waals surface area (Å²) in [5.41, 5.74) is 2.83. The molecule has 2 aromatic carbocycles. The molecular formula is C20H20O6. The molecule has 3 rings (SSSR count). The highest BCUT2D eigenvalue weighted by molar-refractivity contribution is 5.74. The van der Waals surface area contributed by atoms with Crippen molar-refractivity contribution in [2.75, 3.05) is 13.7 Å². The average molecular weight is 356 g/mol. The summed E-state index contributed by atoms with van der Waals surface area (Å²) >= 11 is 0. The van der Waals surface area contributed by atoms with E-state index in [0.29, 0.717) is 13.0 Å². The molecule has 2 aromatic rings. The first-order valence-corrected chi connectivity index (χ1v) is 8.27. The summed E-state index contributed by atoms with van der Waals surface area (Å²) in [7, 11) is 1.61. The maximum atomic E-state index is 11.4. The van der Waals surface area contributed by atoms with Crippen molar-refractivity contribution in [1.82, 2.24) is 0 Å². The van der Waals surface area contributed by atoms with Gasteiger partial charge in [0, 0.05) is 13.8 Å². The molecule has 0 amide bonds. The molecule has 0 spiro atoms. The Bertz CT molecular complexity index is 825. The molecule has 0 saturated heterocycles. The van der Waals surface area contributed by atoms with E-state index in [-0.39, 0.29) is 17.6 Å². The highest BCUT2D eigenvalue weighted by atomic mass is 16.6. The van der Waals surface area contributed by atoms with Gasteiger partial charge in [-0.15, -0.1) is 0 Å². The molecule has 0 fully saturated rings. The van der Waals surface area contributed by atoms with Crippen LogP contribution in [0.3, 0.4) is 0 Å². The minimum absolute atomic E-state index is 0.204. The van der Waals surface area contributed by atoms with Gasteiger partial charge in [-0.05, 0) is 47.4 Å². The van der Waals surface area contributed by atoms with Gasteiger partial charge in [-0.1, -0.05) is 12.1 Å². The summed E-state index contributed by atoms with van der Waals surface area (Å²) in [5, 5.41) is 0. The lowest BCUT2D eigenvalue weighted by atomic mass is 9.92. The van der Waals surface area contributed by atoms with Gasteiger partial charge in [-0.3, -0.25) is 9.59 Å². The van der Waals surface area contributed by atoms with Gasteiger partial charge in [0.05, 0.1) is 13.7 Å². The predicted molar refractivity (Wildman–Crippen MR) is 93.6 cm³/mol. The van der Waals surface area contributed by atoms with Crippen LogP contribution in [0.2, 0.25) is 0 Å². The molecule has 136 valence electrons. The number of fused-ring (bicyclic) bond motifs is 1. The zero-order chi connectivity index (χ0) is 18.7. The largest absolute Gasteiger partial charge is 0.497 e. The Labute approximate surface area is 151 Å². The SMILES string of the molecule is COc1ccc([C@@H]2OCCc3cc(OC(C)=O)c(OC(C)=O)cc32)cc1. The van der Waals surface area contributed by atoms with Crippen LogP contribution in [-0.2, 0) is 20.7 Å². The number of ether oxygens (including phenoxy) is 4. The van der Waals surface area contributed by atoms with E-state index in [4.69, 9.17) is 18.9 Å². The average Bonchev–Trinajstić information content (AvgIpc) is 2.61. The van der Waals surface area contributed by atoms with Crippen LogP contribution in [0.5, 0.6) is 17.2 Å². The number of esters is 2. The molecule has 0 bridgehead atoms. The normalized spacial score (nSPS) is 15.7. The van der Waals surface area contributed by atoms with Crippen LogP contribution in [0.15, 0.2) is 36.4 Å². The maximum Gasteiger partial charge on any atom is 0.308 e. The van der Waals surface area contributed by atoms with Gasteiger partial charge >= 0.3 is 11.9 Å². The van der Waals surface area contributed by atoms with E-state index >= 15 is 0 Å². The van der Waals surface area contributed by atoms with Gasteiger partial charge in [0.1, 0.15) is 11.9 Å². The van der Waals surface area contributed by atoms with Crippen molar-refractivity contribution in [2.24, 2.45) is 0 Å². The van der Waals surface area contributed by atoms with Crippen molar-refractivity contribution in [3.05, 3.63) is 53.1 Å². The van der Waals surface area contributed by atoms with Gasteiger partial charge in [0.2, 0.25) is 0 Å². The lowest BCUT2D eigenvalue weighted by Gasteiger charge is -2.27. The molecule has 1 aliphatic heterocycles. The third-order valence-corrected chi connectivity index (χ3v) is 4.07. The highest BCUT2D eigenvalue weighted by Crippen LogP contribution is 2.40. The molecule has 6 heteroatoms. The van der Waals surface area contributed by atoms with E-state index in [1.165, 1.54) is 13.8 Å². The predicted octanol–water partition coefficient (Wildman–Crippen LogP) is 3.21. The van der Waals surface area contributed by atoms with Crippen molar-refractivity contribution in [2.45, 2.75) is 26.4 Å². The Morgan fingerprint density at radius 2 is 1.62 bits per heavy atom. The molecular weight excluding hydrogens is 336 g/mol. The number of carbonyl (C=O) groups excluding carboxylic acids is 2. The molecule has 1 atom stereocenters. The van der Waals surface area contributed by atoms with E-state index in [1.807, 2.05) is 24.3 Å². The van der Waals surface area contributed by atoms with Crippen LogP contribution in [-0.4, -0.2) is 25.7 Å². The number of carbonyl (C=O) groups is 2. The smallest absolute Gasteiger partial charge is 0.308 e. The van der Waals surface area contributed by atoms with E-state index in [1.54, 1.807) is 19.2 Å². The van der Waals surface area contributed by atoms with Gasteiger partial charge in [0.15, 0.2) is 11.5 Å². The molecule has 0 radical (unpaired) electrons. The third kappa shape index (κ3) is 3.86. The molecule has 0 aromatic heterocycles. The zero-order valence-corrected chi connectivity index (χ0v) is 14.9. The summed E-state index contributed by atoms with van der Waals surface area (Å²) in [6.45, 7) is 3.14. The molecule has 1 aliphatic rings. The molecule has 1 heterocycles. The van der Waals surface area contributed by atoms with E-state index in [2.05, 4.69) is 0 Å². The molecule has 26 heavy (non-hydrogen) atoms. The minimum Gasteiger partial charge on any atom is -0.497 e. The quantitative estimate of drug-likeness (QED) is 0.619. The Morgan fingerprint density at radius 3 is 2.19 bits per heavy atom. The van der Waals surface area contributed by atoms with Crippen LogP contribution >= 0.6 is 0 Å². The van der Waals surface area contributed by atoms with Crippen LogP contribution in [0.4, 0.5) is 0 Å². The van der Waals surface area contributed by atoms with Gasteiger partial charge in [-0.25, -0.2) is 0 Å². The van der Waals surface area contributed by atoms with Crippen molar-refractivity contribution >= 4 is 11.9 Å². The second kappa shape index (κ2) is 7.58. The Balaban J connectivity index is 2.04. The van der Waals surface area contributed by atoms with Crippen molar-refractivity contribution < 1.29 is 28.5 Å². The van der Waals surface area contributed by atoms with Crippen molar-refractivity contribution in [3.63, 3.8) is 0 Å². The first-order chi connectivity index (χ1) is 12.5. The molecule has 0 unspecified atom stereocenters. The standard InChI is InChI=1S/C20H20O6/c1-12(21)25-18-10-15-8-9-24-20(14-4-6-16(23-3)7-5-14)17(15)11-19(18)26-13(2)22/h4-7,10-11,20H,8-9H2,1-3H3/t20-/m0/s1. The topological polar surface area (TPSA) is 71.1 Å². The number of benzene rings is 2. The maximum absolute atomic E-state index is 11.4. The number of methoxy groups -OCH3 is 1. The zero-order valence-electron chi connectivity index (χ0n) is 14.9. The first-order valence-electron chi connectivity index (χ1n) is 8.27. The summed E-state index contributed by atoms with van der Waals surface area (Å²) in [4.78, 5) is 22.8. The summed E-state index contributed by atoms with van der Waals surface area (Å²) < 4.78 is 21.6. The van der Waals surface area contributed by atoms with E-state index in [9.17, 15) is 9.59 Å². The number of hydrogen-bond donors (Lipinski definition) is 0. The number of hydrogen-bond acceptors (Lipinski definition) is 6. The van der Waals surface area contributed by atoms with Crippen LogP contribution < -0.4 is 14.2 Å². The van der Waals surface area contributed by atoms with Gasteiger partial charge in [0.25, 0.3) is 0 Å². The van der Waals surface area contributed by atoms with Crippen molar-refractivity contribution in [3.8, 4) is 17.2 Å². The van der Waals surface area contributed by atoms with E-state index in [0.717, 1.165) is 22.4 Å². The summed E-state index contributed by atoms with van der Waals surface area (Å²) in [6, 6.07) is 11.1. The monoisotopic (exact) mass is 356 g/mol. The Morgan fingerprint density at radius 1 is 1.00 bits per heavy atom. The Kier molecular flexibility index (Phi) is 5.23. The lowest BCUT2D eigenvalue weighted by molar-refractivity contribution is -0.134. The minimum atomic E-state index is -0.490. The van der Waals surface area contributed by atoms with Crippen molar-refractivity contribution in [1.29, 1.82) is 0 Å². The second-order valence-electron chi connectivity index (χ2n) is 5.96. The Hall–Kier alpha value is -2.86. The fourth-order valence-corrected chi connectivity index (χ4v) is 2.98. The number of rotatable bonds is 4. The first kappa shape index (κ1) is 17.9.